The van der Waals surface area contributed by atoms with Crippen LogP contribution in [0.25, 0.3) is 0 Å². The van der Waals surface area contributed by atoms with E-state index >= 15 is 0 Å². The summed E-state index contributed by atoms with van der Waals surface area (Å²) in [5, 5.41) is 3.03. The summed E-state index contributed by atoms with van der Waals surface area (Å²) in [5.74, 6) is -0.821. The van der Waals surface area contributed by atoms with Gasteiger partial charge in [-0.1, -0.05) is 48.0 Å². The maximum absolute atomic E-state index is 12.8. The summed E-state index contributed by atoms with van der Waals surface area (Å²) in [7, 11) is -3.45. The molecular formula is C21H16ClNO4S. The van der Waals surface area contributed by atoms with Gasteiger partial charge in [0.2, 0.25) is 0 Å². The zero-order valence-electron chi connectivity index (χ0n) is 14.8. The molecule has 0 bridgehead atoms. The van der Waals surface area contributed by atoms with Crippen LogP contribution in [0.4, 0.5) is 5.69 Å². The van der Waals surface area contributed by atoms with Gasteiger partial charge in [0, 0.05) is 28.0 Å². The molecule has 1 N–H and O–H groups in total. The van der Waals surface area contributed by atoms with Gasteiger partial charge in [-0.15, -0.1) is 0 Å². The summed E-state index contributed by atoms with van der Waals surface area (Å²) in [6.07, 6.45) is 1.07. The van der Waals surface area contributed by atoms with Crippen molar-refractivity contribution in [3.8, 4) is 0 Å². The Morgan fingerprint density at radius 1 is 0.857 bits per heavy atom. The Hall–Kier alpha value is -2.96. The number of hydrogen-bond donors (Lipinski definition) is 1. The molecule has 0 aliphatic rings. The number of halogens is 1. The molecule has 3 rings (SSSR count). The topological polar surface area (TPSA) is 80.3 Å². The van der Waals surface area contributed by atoms with E-state index in [4.69, 9.17) is 11.6 Å². The van der Waals surface area contributed by atoms with E-state index in [0.29, 0.717) is 10.6 Å². The minimum Gasteiger partial charge on any atom is -0.321 e. The summed E-state index contributed by atoms with van der Waals surface area (Å²) in [6.45, 7) is 0. The fourth-order valence-electron chi connectivity index (χ4n) is 2.62. The lowest BCUT2D eigenvalue weighted by atomic mass is 10.0. The molecule has 0 spiro atoms. The SMILES string of the molecule is CS(=O)(=O)c1cccc(C(=O)Nc2ccc(Cl)cc2C(=O)c2ccccc2)c1. The van der Waals surface area contributed by atoms with Crippen LogP contribution in [0.3, 0.4) is 0 Å². The van der Waals surface area contributed by atoms with Crippen molar-refractivity contribution in [3.63, 3.8) is 0 Å². The molecule has 0 aromatic heterocycles. The number of sulfone groups is 1. The Kier molecular flexibility index (Phi) is 5.63. The van der Waals surface area contributed by atoms with Gasteiger partial charge in [-0.2, -0.15) is 0 Å². The van der Waals surface area contributed by atoms with Crippen molar-refractivity contribution in [2.45, 2.75) is 4.90 Å². The Morgan fingerprint density at radius 2 is 1.54 bits per heavy atom. The van der Waals surface area contributed by atoms with Crippen LogP contribution in [0.1, 0.15) is 26.3 Å². The predicted octanol–water partition coefficient (Wildman–Crippen LogP) is 4.23. The van der Waals surface area contributed by atoms with Crippen LogP contribution >= 0.6 is 11.6 Å². The van der Waals surface area contributed by atoms with Gasteiger partial charge in [0.15, 0.2) is 15.6 Å². The molecule has 142 valence electrons. The van der Waals surface area contributed by atoms with Gasteiger partial charge in [-0.05, 0) is 36.4 Å². The summed E-state index contributed by atoms with van der Waals surface area (Å²) in [4.78, 5) is 25.5. The van der Waals surface area contributed by atoms with Crippen molar-refractivity contribution in [2.75, 3.05) is 11.6 Å². The first-order valence-corrected chi connectivity index (χ1v) is 10.5. The molecule has 0 aliphatic heterocycles. The fourth-order valence-corrected chi connectivity index (χ4v) is 3.46. The zero-order chi connectivity index (χ0) is 20.3. The molecule has 0 fully saturated rings. The van der Waals surface area contributed by atoms with Gasteiger partial charge in [0.05, 0.1) is 10.6 Å². The molecule has 0 unspecified atom stereocenters. The van der Waals surface area contributed by atoms with Crippen LogP contribution in [0.5, 0.6) is 0 Å². The van der Waals surface area contributed by atoms with Crippen LogP contribution in [0.15, 0.2) is 77.7 Å². The third kappa shape index (κ3) is 4.47. The molecule has 0 heterocycles. The molecule has 0 radical (unpaired) electrons. The second kappa shape index (κ2) is 7.96. The van der Waals surface area contributed by atoms with Crippen LogP contribution in [-0.4, -0.2) is 26.4 Å². The molecule has 28 heavy (non-hydrogen) atoms. The van der Waals surface area contributed by atoms with Crippen LogP contribution in [0.2, 0.25) is 5.02 Å². The highest BCUT2D eigenvalue weighted by Gasteiger charge is 2.17. The summed E-state index contributed by atoms with van der Waals surface area (Å²) in [5.41, 5.74) is 1.15. The number of rotatable bonds is 5. The molecule has 5 nitrogen and oxygen atoms in total. The molecule has 1 amide bonds. The summed E-state index contributed by atoms with van der Waals surface area (Å²) < 4.78 is 23.4. The van der Waals surface area contributed by atoms with Crippen molar-refractivity contribution in [2.24, 2.45) is 0 Å². The summed E-state index contributed by atoms with van der Waals surface area (Å²) >= 11 is 6.04. The van der Waals surface area contributed by atoms with Crippen LogP contribution in [-0.2, 0) is 9.84 Å². The van der Waals surface area contributed by atoms with Gasteiger partial charge in [0.25, 0.3) is 5.91 Å². The van der Waals surface area contributed by atoms with Crippen molar-refractivity contribution in [1.29, 1.82) is 0 Å². The maximum Gasteiger partial charge on any atom is 0.255 e. The minimum absolute atomic E-state index is 0.0387. The second-order valence-corrected chi connectivity index (χ2v) is 8.59. The van der Waals surface area contributed by atoms with Gasteiger partial charge in [0.1, 0.15) is 0 Å². The number of amides is 1. The number of carbonyl (C=O) groups excluding carboxylic acids is 2. The average Bonchev–Trinajstić information content (AvgIpc) is 2.69. The molecule has 3 aromatic carbocycles. The van der Waals surface area contributed by atoms with Gasteiger partial charge < -0.3 is 5.32 Å². The highest BCUT2D eigenvalue weighted by atomic mass is 35.5. The number of carbonyl (C=O) groups is 2. The van der Waals surface area contributed by atoms with E-state index in [0.717, 1.165) is 6.26 Å². The fraction of sp³-hybridized carbons (Fsp3) is 0.0476. The largest absolute Gasteiger partial charge is 0.321 e. The molecular weight excluding hydrogens is 398 g/mol. The van der Waals surface area contributed by atoms with Gasteiger partial charge in [-0.25, -0.2) is 8.42 Å². The molecule has 0 atom stereocenters. The normalized spacial score (nSPS) is 11.1. The lowest BCUT2D eigenvalue weighted by Gasteiger charge is -2.12. The molecule has 0 saturated carbocycles. The second-order valence-electron chi connectivity index (χ2n) is 6.14. The monoisotopic (exact) mass is 413 g/mol. The predicted molar refractivity (Wildman–Crippen MR) is 109 cm³/mol. The summed E-state index contributed by atoms with van der Waals surface area (Å²) in [6, 6.07) is 18.9. The smallest absolute Gasteiger partial charge is 0.255 e. The Morgan fingerprint density at radius 3 is 2.21 bits per heavy atom. The first kappa shape index (κ1) is 19.8. The van der Waals surface area contributed by atoms with E-state index in [2.05, 4.69) is 5.32 Å². The van der Waals surface area contributed by atoms with E-state index in [9.17, 15) is 18.0 Å². The van der Waals surface area contributed by atoms with E-state index in [1.54, 1.807) is 36.4 Å². The number of nitrogens with one attached hydrogen (secondary N) is 1. The highest BCUT2D eigenvalue weighted by molar-refractivity contribution is 7.90. The lowest BCUT2D eigenvalue weighted by Crippen LogP contribution is -2.16. The molecule has 3 aromatic rings. The Balaban J connectivity index is 1.95. The first-order chi connectivity index (χ1) is 13.3. The van der Waals surface area contributed by atoms with Crippen molar-refractivity contribution in [1.82, 2.24) is 0 Å². The third-order valence-electron chi connectivity index (χ3n) is 4.03. The lowest BCUT2D eigenvalue weighted by molar-refractivity contribution is 0.102. The molecule has 0 aliphatic carbocycles. The van der Waals surface area contributed by atoms with E-state index < -0.39 is 15.7 Å². The van der Waals surface area contributed by atoms with Crippen molar-refractivity contribution >= 4 is 38.8 Å². The Bertz CT molecular complexity index is 1160. The number of anilines is 1. The van der Waals surface area contributed by atoms with Gasteiger partial charge in [-0.3, -0.25) is 9.59 Å². The Labute approximate surface area is 167 Å². The van der Waals surface area contributed by atoms with E-state index in [1.165, 1.54) is 36.4 Å². The minimum atomic E-state index is -3.45. The molecule has 0 saturated heterocycles. The average molecular weight is 414 g/mol. The van der Waals surface area contributed by atoms with Crippen LogP contribution in [0, 0.1) is 0 Å². The van der Waals surface area contributed by atoms with Crippen LogP contribution < -0.4 is 5.32 Å². The van der Waals surface area contributed by atoms with Crippen molar-refractivity contribution < 1.29 is 18.0 Å². The number of hydrogen-bond acceptors (Lipinski definition) is 4. The van der Waals surface area contributed by atoms with Crippen molar-refractivity contribution in [3.05, 3.63) is 94.5 Å². The maximum atomic E-state index is 12.8. The quantitative estimate of drug-likeness (QED) is 0.635. The third-order valence-corrected chi connectivity index (χ3v) is 5.38. The number of benzene rings is 3. The first-order valence-electron chi connectivity index (χ1n) is 8.26. The standard InChI is InChI=1S/C21H16ClNO4S/c1-28(26,27)17-9-5-8-15(12-17)21(25)23-19-11-10-16(22)13-18(19)20(24)14-6-3-2-4-7-14/h2-13H,1H3,(H,23,25). The van der Waals surface area contributed by atoms with Gasteiger partial charge >= 0.3 is 0 Å². The highest BCUT2D eigenvalue weighted by Crippen LogP contribution is 2.24. The number of ketones is 1. The van der Waals surface area contributed by atoms with E-state index in [-0.39, 0.29) is 27.5 Å². The van der Waals surface area contributed by atoms with E-state index in [1.807, 2.05) is 0 Å². The molecule has 7 heteroatoms. The zero-order valence-corrected chi connectivity index (χ0v) is 16.4.